The highest BCUT2D eigenvalue weighted by molar-refractivity contribution is 5.93. The van der Waals surface area contributed by atoms with Crippen molar-refractivity contribution >= 4 is 17.3 Å². The van der Waals surface area contributed by atoms with Gasteiger partial charge in [-0.25, -0.2) is 0 Å². The van der Waals surface area contributed by atoms with Crippen molar-refractivity contribution < 1.29 is 23.4 Å². The van der Waals surface area contributed by atoms with Crippen molar-refractivity contribution in [1.82, 2.24) is 0 Å². The number of amides is 1. The molecule has 0 aliphatic rings. The predicted molar refractivity (Wildman–Crippen MR) is 82.6 cm³/mol. The molecule has 2 aromatic rings. The summed E-state index contributed by atoms with van der Waals surface area (Å²) in [4.78, 5) is 11.8. The number of benzene rings is 2. The van der Waals surface area contributed by atoms with E-state index < -0.39 is 6.61 Å². The zero-order valence-electron chi connectivity index (χ0n) is 12.1. The van der Waals surface area contributed by atoms with Crippen LogP contribution in [0.2, 0.25) is 0 Å². The molecule has 0 fully saturated rings. The Kier molecular flexibility index (Phi) is 5.87. The van der Waals surface area contributed by atoms with Crippen LogP contribution in [0.5, 0.6) is 5.75 Å². The fourth-order valence-electron chi connectivity index (χ4n) is 1.89. The minimum atomic E-state index is -2.88. The van der Waals surface area contributed by atoms with Crippen LogP contribution in [0.15, 0.2) is 48.5 Å². The van der Waals surface area contributed by atoms with Crippen LogP contribution < -0.4 is 15.4 Å². The first kappa shape index (κ1) is 16.7. The smallest absolute Gasteiger partial charge is 0.387 e. The molecule has 5 nitrogen and oxygen atoms in total. The molecule has 122 valence electrons. The molecule has 0 aliphatic carbocycles. The van der Waals surface area contributed by atoms with Gasteiger partial charge >= 0.3 is 6.61 Å². The van der Waals surface area contributed by atoms with Crippen LogP contribution in [0.3, 0.4) is 0 Å². The Balaban J connectivity index is 1.84. The molecule has 0 saturated carbocycles. The van der Waals surface area contributed by atoms with E-state index in [0.717, 1.165) is 5.56 Å². The Labute approximate surface area is 131 Å². The van der Waals surface area contributed by atoms with Gasteiger partial charge in [0, 0.05) is 11.4 Å². The van der Waals surface area contributed by atoms with Crippen LogP contribution in [-0.4, -0.2) is 24.2 Å². The molecule has 0 aromatic heterocycles. The van der Waals surface area contributed by atoms with E-state index >= 15 is 0 Å². The van der Waals surface area contributed by atoms with Crippen molar-refractivity contribution in [2.45, 2.75) is 13.2 Å². The molecule has 2 rings (SSSR count). The van der Waals surface area contributed by atoms with E-state index in [0.29, 0.717) is 11.4 Å². The highest BCUT2D eigenvalue weighted by Gasteiger charge is 2.06. The van der Waals surface area contributed by atoms with Crippen molar-refractivity contribution in [1.29, 1.82) is 0 Å². The van der Waals surface area contributed by atoms with Crippen LogP contribution in [0.4, 0.5) is 20.2 Å². The van der Waals surface area contributed by atoms with E-state index in [2.05, 4.69) is 15.4 Å². The molecule has 0 heterocycles. The molecule has 3 N–H and O–H groups in total. The fourth-order valence-corrected chi connectivity index (χ4v) is 1.89. The third-order valence-corrected chi connectivity index (χ3v) is 2.93. The number of rotatable bonds is 7. The Morgan fingerprint density at radius 2 is 1.87 bits per heavy atom. The van der Waals surface area contributed by atoms with Gasteiger partial charge in [-0.3, -0.25) is 4.79 Å². The van der Waals surface area contributed by atoms with Crippen LogP contribution in [0.1, 0.15) is 5.56 Å². The highest BCUT2D eigenvalue weighted by Crippen LogP contribution is 2.17. The van der Waals surface area contributed by atoms with E-state index in [1.807, 2.05) is 0 Å². The number of halogens is 2. The minimum absolute atomic E-state index is 0.0249. The van der Waals surface area contributed by atoms with Gasteiger partial charge in [0.1, 0.15) is 5.75 Å². The number of carbonyl (C=O) groups excluding carboxylic acids is 1. The molecule has 1 amide bonds. The number of anilines is 2. The number of ether oxygens (including phenoxy) is 1. The summed E-state index contributed by atoms with van der Waals surface area (Å²) in [6.45, 7) is -2.92. The van der Waals surface area contributed by atoms with Gasteiger partial charge in [0.05, 0.1) is 13.2 Å². The number of nitrogens with one attached hydrogen (secondary N) is 2. The largest absolute Gasteiger partial charge is 0.435 e. The summed E-state index contributed by atoms with van der Waals surface area (Å²) in [5.41, 5.74) is 1.93. The normalized spacial score (nSPS) is 10.4. The van der Waals surface area contributed by atoms with Crippen molar-refractivity contribution in [3.63, 3.8) is 0 Å². The molecule has 0 saturated heterocycles. The van der Waals surface area contributed by atoms with Crippen LogP contribution >= 0.6 is 0 Å². The average molecular weight is 322 g/mol. The monoisotopic (exact) mass is 322 g/mol. The van der Waals surface area contributed by atoms with Gasteiger partial charge in [-0.05, 0) is 42.0 Å². The van der Waals surface area contributed by atoms with Gasteiger partial charge in [-0.2, -0.15) is 8.78 Å². The quantitative estimate of drug-likeness (QED) is 0.733. The number of hydrogen-bond acceptors (Lipinski definition) is 4. The maximum atomic E-state index is 12.0. The van der Waals surface area contributed by atoms with Crippen LogP contribution in [0, 0.1) is 0 Å². The van der Waals surface area contributed by atoms with E-state index in [1.54, 1.807) is 24.3 Å². The number of aliphatic hydroxyl groups excluding tert-OH is 1. The Bertz CT molecular complexity index is 648. The third kappa shape index (κ3) is 5.55. The van der Waals surface area contributed by atoms with E-state index in [9.17, 15) is 13.6 Å². The molecule has 0 unspecified atom stereocenters. The molecule has 2 aromatic carbocycles. The lowest BCUT2D eigenvalue weighted by molar-refractivity contribution is -0.114. The summed E-state index contributed by atoms with van der Waals surface area (Å²) < 4.78 is 28.3. The second-order valence-corrected chi connectivity index (χ2v) is 4.66. The summed E-state index contributed by atoms with van der Waals surface area (Å²) in [6.07, 6.45) is 0. The first-order chi connectivity index (χ1) is 11.1. The maximum Gasteiger partial charge on any atom is 0.387 e. The lowest BCUT2D eigenvalue weighted by Gasteiger charge is -2.09. The first-order valence-corrected chi connectivity index (χ1v) is 6.85. The lowest BCUT2D eigenvalue weighted by atomic mass is 10.2. The van der Waals surface area contributed by atoms with Crippen LogP contribution in [-0.2, 0) is 11.4 Å². The summed E-state index contributed by atoms with van der Waals surface area (Å²) >= 11 is 0. The lowest BCUT2D eigenvalue weighted by Crippen LogP contribution is -2.21. The summed E-state index contributed by atoms with van der Waals surface area (Å²) in [5, 5.41) is 14.6. The molecule has 0 radical (unpaired) electrons. The number of hydrogen-bond donors (Lipinski definition) is 3. The molecule has 0 spiro atoms. The van der Waals surface area contributed by atoms with Crippen molar-refractivity contribution in [2.75, 3.05) is 17.2 Å². The van der Waals surface area contributed by atoms with Gasteiger partial charge < -0.3 is 20.5 Å². The van der Waals surface area contributed by atoms with Crippen molar-refractivity contribution in [3.05, 3.63) is 54.1 Å². The second-order valence-electron chi connectivity index (χ2n) is 4.66. The molecule has 0 atom stereocenters. The number of aliphatic hydroxyl groups is 1. The summed E-state index contributed by atoms with van der Waals surface area (Å²) in [7, 11) is 0. The third-order valence-electron chi connectivity index (χ3n) is 2.93. The van der Waals surface area contributed by atoms with Gasteiger partial charge in [-0.1, -0.05) is 12.1 Å². The highest BCUT2D eigenvalue weighted by atomic mass is 19.3. The molecular formula is C16H16F2N2O3. The Hall–Kier alpha value is -2.67. The fraction of sp³-hybridized carbons (Fsp3) is 0.188. The second kappa shape index (κ2) is 8.09. The Morgan fingerprint density at radius 1 is 1.13 bits per heavy atom. The van der Waals surface area contributed by atoms with Crippen LogP contribution in [0.25, 0.3) is 0 Å². The molecule has 23 heavy (non-hydrogen) atoms. The van der Waals surface area contributed by atoms with E-state index in [1.165, 1.54) is 24.3 Å². The Morgan fingerprint density at radius 3 is 2.52 bits per heavy atom. The van der Waals surface area contributed by atoms with Gasteiger partial charge in [0.25, 0.3) is 0 Å². The molecule has 0 bridgehead atoms. The molecule has 7 heteroatoms. The predicted octanol–water partition coefficient (Wildman–Crippen LogP) is 2.83. The number of carbonyl (C=O) groups is 1. The minimum Gasteiger partial charge on any atom is -0.435 e. The van der Waals surface area contributed by atoms with Gasteiger partial charge in [0.15, 0.2) is 0 Å². The first-order valence-electron chi connectivity index (χ1n) is 6.85. The molecule has 0 aliphatic heterocycles. The zero-order chi connectivity index (χ0) is 16.7. The summed E-state index contributed by atoms with van der Waals surface area (Å²) in [6, 6.07) is 12.7. The van der Waals surface area contributed by atoms with Gasteiger partial charge in [-0.15, -0.1) is 0 Å². The molecular weight excluding hydrogens is 306 g/mol. The number of alkyl halides is 2. The van der Waals surface area contributed by atoms with E-state index in [4.69, 9.17) is 5.11 Å². The van der Waals surface area contributed by atoms with Crippen molar-refractivity contribution in [2.24, 2.45) is 0 Å². The SMILES string of the molecule is O=C(CNc1cccc(CO)c1)Nc1ccc(OC(F)F)cc1. The van der Waals surface area contributed by atoms with E-state index in [-0.39, 0.29) is 24.8 Å². The topological polar surface area (TPSA) is 70.6 Å². The van der Waals surface area contributed by atoms with Crippen molar-refractivity contribution in [3.8, 4) is 5.75 Å². The zero-order valence-corrected chi connectivity index (χ0v) is 12.1. The maximum absolute atomic E-state index is 12.0. The average Bonchev–Trinajstić information content (AvgIpc) is 2.54. The standard InChI is InChI=1S/C16H16F2N2O3/c17-16(18)23-14-6-4-12(5-7-14)20-15(22)9-19-13-3-1-2-11(8-13)10-21/h1-8,16,19,21H,9-10H2,(H,20,22). The summed E-state index contributed by atoms with van der Waals surface area (Å²) in [5.74, 6) is -0.265. The van der Waals surface area contributed by atoms with Gasteiger partial charge in [0.2, 0.25) is 5.91 Å².